The van der Waals surface area contributed by atoms with Crippen LogP contribution in [0.2, 0.25) is 0 Å². The Balaban J connectivity index is 1.59. The average Bonchev–Trinajstić information content (AvgIpc) is 2.76. The Morgan fingerprint density at radius 2 is 1.73 bits per heavy atom. The Bertz CT molecular complexity index is 1220. The van der Waals surface area contributed by atoms with Crippen LogP contribution in [0.3, 0.4) is 0 Å². The lowest BCUT2D eigenvalue weighted by Gasteiger charge is -2.24. The van der Waals surface area contributed by atoms with Gasteiger partial charge in [0, 0.05) is 9.13 Å². The first-order chi connectivity index (χ1) is 15.6. The lowest BCUT2D eigenvalue weighted by molar-refractivity contribution is 0.0947. The Kier molecular flexibility index (Phi) is 8.30. The van der Waals surface area contributed by atoms with Gasteiger partial charge in [0.2, 0.25) is 10.0 Å². The lowest BCUT2D eigenvalue weighted by atomic mass is 10.1. The first-order valence-corrected chi connectivity index (χ1v) is 13.1. The molecule has 9 heteroatoms. The van der Waals surface area contributed by atoms with Gasteiger partial charge in [-0.25, -0.2) is 12.8 Å². The molecule has 0 saturated heterocycles. The second-order valence-electron chi connectivity index (χ2n) is 7.46. The number of rotatable bonds is 9. The van der Waals surface area contributed by atoms with Crippen LogP contribution in [0.25, 0.3) is 0 Å². The predicted molar refractivity (Wildman–Crippen MR) is 136 cm³/mol. The third kappa shape index (κ3) is 7.16. The fraction of sp³-hybridized carbons (Fsp3) is 0.208. The maximum Gasteiger partial charge on any atom is 0.251 e. The number of ether oxygens (including phenoxy) is 1. The molecule has 6 nitrogen and oxygen atoms in total. The Hall–Kier alpha value is -2.66. The standard InChI is InChI=1S/C24H24FIN2O4S/c1-17-15-21(26)9-12-23(17)28(33(2,30)31)16-18-3-5-19(6-4-18)24(29)27-13-14-32-22-10-7-20(25)8-11-22/h3-12,15H,13-14,16H2,1-2H3,(H,27,29). The quantitative estimate of drug-likeness (QED) is 0.298. The summed E-state index contributed by atoms with van der Waals surface area (Å²) in [5.41, 5.74) is 2.71. The zero-order valence-electron chi connectivity index (χ0n) is 18.2. The van der Waals surface area contributed by atoms with E-state index in [1.165, 1.54) is 34.8 Å². The summed E-state index contributed by atoms with van der Waals surface area (Å²) in [5.74, 6) is -0.0843. The summed E-state index contributed by atoms with van der Waals surface area (Å²) in [6.45, 7) is 2.57. The molecular weight excluding hydrogens is 558 g/mol. The van der Waals surface area contributed by atoms with E-state index in [9.17, 15) is 17.6 Å². The molecule has 0 heterocycles. The van der Waals surface area contributed by atoms with Crippen LogP contribution < -0.4 is 14.4 Å². The molecule has 0 saturated carbocycles. The normalized spacial score (nSPS) is 11.2. The molecule has 33 heavy (non-hydrogen) atoms. The molecule has 0 bridgehead atoms. The Morgan fingerprint density at radius 3 is 2.33 bits per heavy atom. The monoisotopic (exact) mass is 582 g/mol. The molecule has 0 aliphatic carbocycles. The minimum atomic E-state index is -3.50. The van der Waals surface area contributed by atoms with Gasteiger partial charge in [-0.3, -0.25) is 9.10 Å². The number of carbonyl (C=O) groups excluding carboxylic acids is 1. The van der Waals surface area contributed by atoms with Gasteiger partial charge in [-0.05, 0) is 95.2 Å². The third-order valence-electron chi connectivity index (χ3n) is 4.84. The maximum atomic E-state index is 12.9. The van der Waals surface area contributed by atoms with Crippen LogP contribution in [0.5, 0.6) is 5.75 Å². The highest BCUT2D eigenvalue weighted by molar-refractivity contribution is 14.1. The van der Waals surface area contributed by atoms with Crippen LogP contribution in [0.4, 0.5) is 10.1 Å². The van der Waals surface area contributed by atoms with E-state index >= 15 is 0 Å². The Labute approximate surface area is 207 Å². The van der Waals surface area contributed by atoms with Crippen molar-refractivity contribution in [2.75, 3.05) is 23.7 Å². The number of hydrogen-bond donors (Lipinski definition) is 1. The molecule has 1 amide bonds. The van der Waals surface area contributed by atoms with Gasteiger partial charge in [0.25, 0.3) is 5.91 Å². The van der Waals surface area contributed by atoms with Crippen LogP contribution in [-0.4, -0.2) is 33.7 Å². The number of aryl methyl sites for hydroxylation is 1. The summed E-state index contributed by atoms with van der Waals surface area (Å²) in [5, 5.41) is 2.76. The van der Waals surface area contributed by atoms with E-state index in [1.54, 1.807) is 30.3 Å². The van der Waals surface area contributed by atoms with Crippen molar-refractivity contribution in [2.24, 2.45) is 0 Å². The Morgan fingerprint density at radius 1 is 1.06 bits per heavy atom. The summed E-state index contributed by atoms with van der Waals surface area (Å²) >= 11 is 2.19. The number of nitrogens with zero attached hydrogens (tertiary/aromatic N) is 1. The van der Waals surface area contributed by atoms with Crippen molar-refractivity contribution in [1.82, 2.24) is 5.32 Å². The van der Waals surface area contributed by atoms with Gasteiger partial charge in [-0.1, -0.05) is 12.1 Å². The van der Waals surface area contributed by atoms with E-state index in [0.717, 1.165) is 14.7 Å². The average molecular weight is 582 g/mol. The van der Waals surface area contributed by atoms with E-state index in [2.05, 4.69) is 27.9 Å². The molecule has 0 atom stereocenters. The van der Waals surface area contributed by atoms with E-state index in [0.29, 0.717) is 17.0 Å². The lowest BCUT2D eigenvalue weighted by Crippen LogP contribution is -2.30. The van der Waals surface area contributed by atoms with Crippen molar-refractivity contribution in [3.63, 3.8) is 0 Å². The maximum absolute atomic E-state index is 12.9. The molecular formula is C24H24FIN2O4S. The van der Waals surface area contributed by atoms with Crippen LogP contribution in [0, 0.1) is 16.3 Å². The topological polar surface area (TPSA) is 75.7 Å². The molecule has 3 aromatic rings. The molecule has 3 aromatic carbocycles. The molecule has 1 N–H and O–H groups in total. The highest BCUT2D eigenvalue weighted by Gasteiger charge is 2.20. The molecule has 0 radical (unpaired) electrons. The second kappa shape index (κ2) is 11.0. The van der Waals surface area contributed by atoms with Gasteiger partial charge >= 0.3 is 0 Å². The zero-order valence-corrected chi connectivity index (χ0v) is 21.2. The molecule has 0 aliphatic rings. The fourth-order valence-electron chi connectivity index (χ4n) is 3.17. The van der Waals surface area contributed by atoms with Crippen LogP contribution >= 0.6 is 22.6 Å². The van der Waals surface area contributed by atoms with Gasteiger partial charge in [0.05, 0.1) is 25.0 Å². The van der Waals surface area contributed by atoms with Crippen LogP contribution in [0.1, 0.15) is 21.5 Å². The predicted octanol–water partition coefficient (Wildman–Crippen LogP) is 4.51. The SMILES string of the molecule is Cc1cc(I)ccc1N(Cc1ccc(C(=O)NCCOc2ccc(F)cc2)cc1)S(C)(=O)=O. The van der Waals surface area contributed by atoms with Crippen molar-refractivity contribution in [3.8, 4) is 5.75 Å². The molecule has 0 fully saturated rings. The summed E-state index contributed by atoms with van der Waals surface area (Å²) in [6.07, 6.45) is 1.18. The van der Waals surface area contributed by atoms with Crippen molar-refractivity contribution < 1.29 is 22.3 Å². The van der Waals surface area contributed by atoms with Crippen molar-refractivity contribution >= 4 is 44.2 Å². The molecule has 0 spiro atoms. The first kappa shape index (κ1) is 25.0. The summed E-state index contributed by atoms with van der Waals surface area (Å²) in [6, 6.07) is 18.1. The number of halogens is 2. The van der Waals surface area contributed by atoms with Crippen molar-refractivity contribution in [3.05, 3.63) is 92.8 Å². The minimum absolute atomic E-state index is 0.160. The number of anilines is 1. The molecule has 0 aliphatic heterocycles. The van der Waals surface area contributed by atoms with Crippen molar-refractivity contribution in [2.45, 2.75) is 13.5 Å². The van der Waals surface area contributed by atoms with E-state index < -0.39 is 10.0 Å². The summed E-state index contributed by atoms with van der Waals surface area (Å²) < 4.78 is 45.6. The minimum Gasteiger partial charge on any atom is -0.492 e. The van der Waals surface area contributed by atoms with Crippen LogP contribution in [0.15, 0.2) is 66.7 Å². The number of hydrogen-bond acceptors (Lipinski definition) is 4. The number of nitrogens with one attached hydrogen (secondary N) is 1. The van der Waals surface area contributed by atoms with Gasteiger partial charge in [0.1, 0.15) is 18.2 Å². The second-order valence-corrected chi connectivity index (χ2v) is 10.6. The largest absolute Gasteiger partial charge is 0.492 e. The smallest absolute Gasteiger partial charge is 0.251 e. The number of carbonyl (C=O) groups is 1. The van der Waals surface area contributed by atoms with Gasteiger partial charge < -0.3 is 10.1 Å². The summed E-state index contributed by atoms with van der Waals surface area (Å²) in [7, 11) is -3.50. The number of sulfonamides is 1. The molecule has 3 rings (SSSR count). The number of benzene rings is 3. The van der Waals surface area contributed by atoms with E-state index in [-0.39, 0.29) is 31.4 Å². The third-order valence-corrected chi connectivity index (χ3v) is 6.64. The zero-order chi connectivity index (χ0) is 24.0. The van der Waals surface area contributed by atoms with Gasteiger partial charge in [0.15, 0.2) is 0 Å². The van der Waals surface area contributed by atoms with Crippen LogP contribution in [-0.2, 0) is 16.6 Å². The highest BCUT2D eigenvalue weighted by Crippen LogP contribution is 2.26. The summed E-state index contributed by atoms with van der Waals surface area (Å²) in [4.78, 5) is 12.4. The number of amides is 1. The first-order valence-electron chi connectivity index (χ1n) is 10.1. The van der Waals surface area contributed by atoms with E-state index in [1.807, 2.05) is 19.1 Å². The fourth-order valence-corrected chi connectivity index (χ4v) is 4.77. The van der Waals surface area contributed by atoms with Gasteiger partial charge in [-0.15, -0.1) is 0 Å². The van der Waals surface area contributed by atoms with Crippen molar-refractivity contribution in [1.29, 1.82) is 0 Å². The molecule has 0 unspecified atom stereocenters. The molecule has 174 valence electrons. The van der Waals surface area contributed by atoms with Gasteiger partial charge in [-0.2, -0.15) is 0 Å². The highest BCUT2D eigenvalue weighted by atomic mass is 127. The van der Waals surface area contributed by atoms with E-state index in [4.69, 9.17) is 4.74 Å². The molecule has 0 aromatic heterocycles.